The van der Waals surface area contributed by atoms with Gasteiger partial charge in [-0.1, -0.05) is 48.0 Å². The maximum absolute atomic E-state index is 13.6. The third-order valence-corrected chi connectivity index (χ3v) is 5.87. The Morgan fingerprint density at radius 1 is 1.00 bits per heavy atom. The molecule has 1 N–H and O–H groups in total. The average Bonchev–Trinajstić information content (AvgIpc) is 3.11. The van der Waals surface area contributed by atoms with Crippen molar-refractivity contribution in [3.8, 4) is 5.75 Å². The van der Waals surface area contributed by atoms with Gasteiger partial charge in [0.05, 0.1) is 12.5 Å². The molecule has 0 aliphatic heterocycles. The Morgan fingerprint density at radius 3 is 2.21 bits per heavy atom. The normalized spacial score (nSPS) is 14.4. The monoisotopic (exact) mass is 391 g/mol. The maximum Gasteiger partial charge on any atom is 0.235 e. The Kier molecular flexibility index (Phi) is 4.86. The van der Waals surface area contributed by atoms with Crippen molar-refractivity contribution in [3.63, 3.8) is 0 Å². The summed E-state index contributed by atoms with van der Waals surface area (Å²) in [5.41, 5.74) is 4.54. The number of halogens is 1. The quantitative estimate of drug-likeness (QED) is 0.652. The first kappa shape index (κ1) is 18.6. The van der Waals surface area contributed by atoms with E-state index in [4.69, 9.17) is 16.3 Å². The van der Waals surface area contributed by atoms with Crippen LogP contribution in [0.2, 0.25) is 5.02 Å². The predicted octanol–water partition coefficient (Wildman–Crippen LogP) is 5.33. The summed E-state index contributed by atoms with van der Waals surface area (Å²) in [5.74, 6) is 0.774. The van der Waals surface area contributed by atoms with Crippen LogP contribution in [0.1, 0.15) is 22.3 Å². The summed E-state index contributed by atoms with van der Waals surface area (Å²) in [4.78, 5) is 13.6. The summed E-state index contributed by atoms with van der Waals surface area (Å²) < 4.78 is 5.27. The number of amides is 1. The second-order valence-electron chi connectivity index (χ2n) is 7.35. The molecule has 0 aromatic heterocycles. The van der Waals surface area contributed by atoms with E-state index in [1.807, 2.05) is 61.5 Å². The Labute approximate surface area is 170 Å². The van der Waals surface area contributed by atoms with E-state index in [0.717, 1.165) is 22.6 Å². The molecule has 1 aliphatic rings. The number of rotatable bonds is 4. The number of methoxy groups -OCH3 is 1. The summed E-state index contributed by atoms with van der Waals surface area (Å²) in [7, 11) is 1.64. The lowest BCUT2D eigenvalue weighted by molar-refractivity contribution is -0.121. The molecule has 3 nitrogen and oxygen atoms in total. The molecule has 0 fully saturated rings. The molecule has 142 valence electrons. The number of ether oxygens (including phenoxy) is 1. The van der Waals surface area contributed by atoms with Crippen LogP contribution in [0.25, 0.3) is 0 Å². The Morgan fingerprint density at radius 2 is 1.64 bits per heavy atom. The van der Waals surface area contributed by atoms with Crippen molar-refractivity contribution in [2.24, 2.45) is 0 Å². The molecule has 0 unspecified atom stereocenters. The summed E-state index contributed by atoms with van der Waals surface area (Å²) in [6, 6.07) is 21.6. The van der Waals surface area contributed by atoms with E-state index in [1.165, 1.54) is 11.1 Å². The molecule has 1 amide bonds. The lowest BCUT2D eigenvalue weighted by atomic mass is 9.76. The fraction of sp³-hybridized carbons (Fsp3) is 0.208. The predicted molar refractivity (Wildman–Crippen MR) is 113 cm³/mol. The Balaban J connectivity index is 1.72. The number of nitrogens with one attached hydrogen (secondary N) is 1. The molecule has 4 heteroatoms. The number of fused-ring (bicyclic) bond motifs is 1. The molecule has 0 atom stereocenters. The van der Waals surface area contributed by atoms with Gasteiger partial charge in [-0.15, -0.1) is 0 Å². The van der Waals surface area contributed by atoms with Gasteiger partial charge in [-0.25, -0.2) is 0 Å². The van der Waals surface area contributed by atoms with Crippen LogP contribution in [0.15, 0.2) is 66.7 Å². The molecule has 3 aromatic rings. The summed E-state index contributed by atoms with van der Waals surface area (Å²) in [5, 5.41) is 3.83. The zero-order valence-corrected chi connectivity index (χ0v) is 16.7. The van der Waals surface area contributed by atoms with Crippen LogP contribution in [-0.4, -0.2) is 13.0 Å². The largest absolute Gasteiger partial charge is 0.497 e. The van der Waals surface area contributed by atoms with Gasteiger partial charge in [-0.05, 0) is 72.4 Å². The number of benzene rings is 3. The smallest absolute Gasteiger partial charge is 0.235 e. The lowest BCUT2D eigenvalue weighted by Crippen LogP contribution is -2.41. The van der Waals surface area contributed by atoms with Gasteiger partial charge in [0, 0.05) is 10.7 Å². The fourth-order valence-corrected chi connectivity index (χ4v) is 4.15. The van der Waals surface area contributed by atoms with E-state index in [2.05, 4.69) is 17.4 Å². The highest BCUT2D eigenvalue weighted by molar-refractivity contribution is 6.30. The Bertz CT molecular complexity index is 1000. The molecule has 0 spiro atoms. The van der Waals surface area contributed by atoms with Gasteiger partial charge in [0.1, 0.15) is 5.75 Å². The van der Waals surface area contributed by atoms with Gasteiger partial charge in [-0.3, -0.25) is 4.79 Å². The van der Waals surface area contributed by atoms with Gasteiger partial charge < -0.3 is 10.1 Å². The molecule has 0 saturated heterocycles. The molecule has 3 aromatic carbocycles. The molecule has 28 heavy (non-hydrogen) atoms. The minimum atomic E-state index is -0.652. The topological polar surface area (TPSA) is 38.3 Å². The summed E-state index contributed by atoms with van der Waals surface area (Å²) in [6.45, 7) is 1.97. The highest BCUT2D eigenvalue weighted by Gasteiger charge is 2.45. The van der Waals surface area contributed by atoms with Gasteiger partial charge >= 0.3 is 0 Å². The van der Waals surface area contributed by atoms with E-state index in [1.54, 1.807) is 7.11 Å². The highest BCUT2D eigenvalue weighted by atomic mass is 35.5. The number of carbonyl (C=O) groups is 1. The van der Waals surface area contributed by atoms with Crippen LogP contribution in [0.3, 0.4) is 0 Å². The second-order valence-corrected chi connectivity index (χ2v) is 7.78. The standard InChI is InChI=1S/C24H22ClNO2/c1-16-13-21(28-2)11-12-22(16)26-23(27)24(19-7-9-20(25)10-8-19)14-17-5-3-4-6-18(17)15-24/h3-13H,14-15H2,1-2H3,(H,26,27). The van der Waals surface area contributed by atoms with E-state index >= 15 is 0 Å². The van der Waals surface area contributed by atoms with Crippen molar-refractivity contribution >= 4 is 23.2 Å². The third kappa shape index (κ3) is 3.27. The SMILES string of the molecule is COc1ccc(NC(=O)C2(c3ccc(Cl)cc3)Cc3ccccc3C2)c(C)c1. The zero-order valence-electron chi connectivity index (χ0n) is 16.0. The van der Waals surface area contributed by atoms with Crippen LogP contribution in [-0.2, 0) is 23.1 Å². The number of anilines is 1. The van der Waals surface area contributed by atoms with Crippen molar-refractivity contribution in [3.05, 3.63) is 94.0 Å². The molecule has 1 aliphatic carbocycles. The number of carbonyl (C=O) groups excluding carboxylic acids is 1. The molecule has 4 rings (SSSR count). The summed E-state index contributed by atoms with van der Waals surface area (Å²) in [6.07, 6.45) is 1.34. The van der Waals surface area contributed by atoms with E-state index in [-0.39, 0.29) is 5.91 Å². The van der Waals surface area contributed by atoms with Crippen molar-refractivity contribution < 1.29 is 9.53 Å². The fourth-order valence-electron chi connectivity index (χ4n) is 4.03. The van der Waals surface area contributed by atoms with Gasteiger partial charge in [-0.2, -0.15) is 0 Å². The first-order valence-corrected chi connectivity index (χ1v) is 9.68. The number of hydrogen-bond donors (Lipinski definition) is 1. The van der Waals surface area contributed by atoms with E-state index in [9.17, 15) is 4.79 Å². The van der Waals surface area contributed by atoms with E-state index < -0.39 is 5.41 Å². The van der Waals surface area contributed by atoms with Crippen LogP contribution in [0.4, 0.5) is 5.69 Å². The minimum absolute atomic E-state index is 0.000658. The zero-order chi connectivity index (χ0) is 19.7. The van der Waals surface area contributed by atoms with Crippen LogP contribution < -0.4 is 10.1 Å². The minimum Gasteiger partial charge on any atom is -0.497 e. The van der Waals surface area contributed by atoms with Crippen LogP contribution >= 0.6 is 11.6 Å². The molecule has 0 radical (unpaired) electrons. The van der Waals surface area contributed by atoms with Gasteiger partial charge in [0.2, 0.25) is 5.91 Å². The van der Waals surface area contributed by atoms with Gasteiger partial charge in [0.15, 0.2) is 0 Å². The molecule has 0 heterocycles. The first-order valence-electron chi connectivity index (χ1n) is 9.31. The number of aryl methyl sites for hydroxylation is 1. The molecule has 0 saturated carbocycles. The van der Waals surface area contributed by atoms with Gasteiger partial charge in [0.25, 0.3) is 0 Å². The first-order chi connectivity index (χ1) is 13.5. The molecule has 0 bridgehead atoms. The average molecular weight is 392 g/mol. The highest BCUT2D eigenvalue weighted by Crippen LogP contribution is 2.41. The third-order valence-electron chi connectivity index (χ3n) is 5.62. The summed E-state index contributed by atoms with van der Waals surface area (Å²) >= 11 is 6.10. The molecular formula is C24H22ClNO2. The van der Waals surface area contributed by atoms with E-state index in [0.29, 0.717) is 17.9 Å². The van der Waals surface area contributed by atoms with Crippen molar-refractivity contribution in [1.82, 2.24) is 0 Å². The lowest BCUT2D eigenvalue weighted by Gasteiger charge is -2.29. The van der Waals surface area contributed by atoms with Crippen molar-refractivity contribution in [2.45, 2.75) is 25.2 Å². The maximum atomic E-state index is 13.6. The van der Waals surface area contributed by atoms with Crippen LogP contribution in [0, 0.1) is 6.92 Å². The number of hydrogen-bond acceptors (Lipinski definition) is 2. The van der Waals surface area contributed by atoms with Crippen LogP contribution in [0.5, 0.6) is 5.75 Å². The Hall–Kier alpha value is -2.78. The van der Waals surface area contributed by atoms with Crippen molar-refractivity contribution in [2.75, 3.05) is 12.4 Å². The van der Waals surface area contributed by atoms with Crippen molar-refractivity contribution in [1.29, 1.82) is 0 Å². The second kappa shape index (κ2) is 7.33. The molecular weight excluding hydrogens is 370 g/mol.